The van der Waals surface area contributed by atoms with E-state index in [-0.39, 0.29) is 11.1 Å². The molecular formula is C12H5F3O3. The van der Waals surface area contributed by atoms with Crippen LogP contribution in [0.5, 0.6) is 0 Å². The Labute approximate surface area is 98.9 Å². The van der Waals surface area contributed by atoms with Crippen molar-refractivity contribution >= 4 is 17.3 Å². The quantitative estimate of drug-likeness (QED) is 0.721. The number of Topliss-reactive ketones (excluding diaryl/α,β-unsaturated/α-hetero) is 2. The van der Waals surface area contributed by atoms with Crippen LogP contribution in [0.25, 0.3) is 0 Å². The highest BCUT2D eigenvalue weighted by Crippen LogP contribution is 2.27. The van der Waals surface area contributed by atoms with Crippen LogP contribution in [0.15, 0.2) is 35.9 Å². The van der Waals surface area contributed by atoms with Gasteiger partial charge in [-0.2, -0.15) is 13.2 Å². The van der Waals surface area contributed by atoms with E-state index in [9.17, 15) is 27.6 Å². The van der Waals surface area contributed by atoms with E-state index in [2.05, 4.69) is 0 Å². The summed E-state index contributed by atoms with van der Waals surface area (Å²) in [5.74, 6) is -4.15. The Hall–Kier alpha value is -2.24. The number of carbonyl (C=O) groups excluding carboxylic acids is 3. The molecule has 1 aliphatic carbocycles. The van der Waals surface area contributed by atoms with Crippen molar-refractivity contribution < 1.29 is 27.6 Å². The molecule has 18 heavy (non-hydrogen) atoms. The SMILES string of the molecule is O=C1C=C(C(=O)C(F)(F)F)C(=O)c2ccccc21. The molecule has 2 rings (SSSR count). The van der Waals surface area contributed by atoms with Crippen LogP contribution in [0.2, 0.25) is 0 Å². The van der Waals surface area contributed by atoms with E-state index >= 15 is 0 Å². The number of carbonyl (C=O) groups is 3. The third kappa shape index (κ3) is 1.85. The fourth-order valence-electron chi connectivity index (χ4n) is 1.64. The van der Waals surface area contributed by atoms with Crippen LogP contribution in [0, 0.1) is 0 Å². The number of benzene rings is 1. The van der Waals surface area contributed by atoms with E-state index in [4.69, 9.17) is 0 Å². The van der Waals surface area contributed by atoms with Gasteiger partial charge in [0.1, 0.15) is 0 Å². The van der Waals surface area contributed by atoms with Gasteiger partial charge in [0.25, 0.3) is 5.78 Å². The summed E-state index contributed by atoms with van der Waals surface area (Å²) < 4.78 is 36.8. The fourth-order valence-corrected chi connectivity index (χ4v) is 1.64. The molecule has 3 nitrogen and oxygen atoms in total. The molecule has 1 aromatic carbocycles. The van der Waals surface area contributed by atoms with Crippen LogP contribution in [-0.4, -0.2) is 23.5 Å². The molecule has 0 bridgehead atoms. The van der Waals surface area contributed by atoms with Crippen molar-refractivity contribution in [2.24, 2.45) is 0 Å². The molecule has 0 aromatic heterocycles. The van der Waals surface area contributed by atoms with Gasteiger partial charge in [0, 0.05) is 17.2 Å². The van der Waals surface area contributed by atoms with Crippen molar-refractivity contribution in [2.75, 3.05) is 0 Å². The molecule has 1 aliphatic rings. The predicted molar refractivity (Wildman–Crippen MR) is 54.2 cm³/mol. The summed E-state index contributed by atoms with van der Waals surface area (Å²) in [7, 11) is 0. The normalized spacial score (nSPS) is 15.2. The molecule has 0 amide bonds. The molecule has 0 radical (unpaired) electrons. The molecule has 6 heteroatoms. The van der Waals surface area contributed by atoms with Gasteiger partial charge in [0.15, 0.2) is 11.6 Å². The second-order valence-corrected chi connectivity index (χ2v) is 3.62. The summed E-state index contributed by atoms with van der Waals surface area (Å²) in [4.78, 5) is 34.3. The van der Waals surface area contributed by atoms with Crippen LogP contribution in [0.3, 0.4) is 0 Å². The number of allylic oxidation sites excluding steroid dienone is 2. The largest absolute Gasteiger partial charge is 0.455 e. The van der Waals surface area contributed by atoms with Crippen LogP contribution < -0.4 is 0 Å². The van der Waals surface area contributed by atoms with Gasteiger partial charge < -0.3 is 0 Å². The number of ketones is 3. The molecular weight excluding hydrogens is 249 g/mol. The van der Waals surface area contributed by atoms with Crippen LogP contribution in [0.1, 0.15) is 20.7 Å². The number of rotatable bonds is 1. The zero-order valence-corrected chi connectivity index (χ0v) is 8.75. The average Bonchev–Trinajstić information content (AvgIpc) is 2.32. The second-order valence-electron chi connectivity index (χ2n) is 3.62. The molecule has 0 unspecified atom stereocenters. The Morgan fingerprint density at radius 3 is 2.11 bits per heavy atom. The first-order valence-corrected chi connectivity index (χ1v) is 4.83. The standard InChI is InChI=1S/C12H5F3O3/c13-12(14,15)11(18)8-5-9(16)6-3-1-2-4-7(6)10(8)17/h1-5H. The molecule has 0 atom stereocenters. The van der Waals surface area contributed by atoms with Gasteiger partial charge in [0.2, 0.25) is 0 Å². The Morgan fingerprint density at radius 1 is 1.00 bits per heavy atom. The van der Waals surface area contributed by atoms with Gasteiger partial charge in [0.05, 0.1) is 5.57 Å². The summed E-state index contributed by atoms with van der Waals surface area (Å²) in [6.07, 6.45) is -4.73. The molecule has 92 valence electrons. The maximum atomic E-state index is 12.3. The molecule has 0 N–H and O–H groups in total. The highest BCUT2D eigenvalue weighted by Gasteiger charge is 2.44. The van der Waals surface area contributed by atoms with Crippen LogP contribution in [-0.2, 0) is 4.79 Å². The van der Waals surface area contributed by atoms with Crippen molar-refractivity contribution in [1.82, 2.24) is 0 Å². The number of alkyl halides is 3. The number of fused-ring (bicyclic) bond motifs is 1. The molecule has 0 saturated carbocycles. The van der Waals surface area contributed by atoms with Crippen molar-refractivity contribution in [3.05, 3.63) is 47.0 Å². The number of hydrogen-bond acceptors (Lipinski definition) is 3. The van der Waals surface area contributed by atoms with Crippen LogP contribution >= 0.6 is 0 Å². The zero-order chi connectivity index (χ0) is 13.5. The van der Waals surface area contributed by atoms with E-state index in [0.29, 0.717) is 6.08 Å². The first kappa shape index (κ1) is 12.2. The minimum Gasteiger partial charge on any atom is -0.289 e. The Morgan fingerprint density at radius 2 is 1.56 bits per heavy atom. The highest BCUT2D eigenvalue weighted by atomic mass is 19.4. The summed E-state index contributed by atoms with van der Waals surface area (Å²) in [5, 5.41) is 0. The monoisotopic (exact) mass is 254 g/mol. The van der Waals surface area contributed by atoms with Crippen molar-refractivity contribution in [1.29, 1.82) is 0 Å². The molecule has 0 heterocycles. The minimum absolute atomic E-state index is 0.00113. The maximum absolute atomic E-state index is 12.3. The summed E-state index contributed by atoms with van der Waals surface area (Å²) >= 11 is 0. The third-order valence-corrected chi connectivity index (χ3v) is 2.46. The van der Waals surface area contributed by atoms with Gasteiger partial charge in [-0.15, -0.1) is 0 Å². The molecule has 0 spiro atoms. The molecule has 0 fully saturated rings. The molecule has 1 aromatic rings. The van der Waals surface area contributed by atoms with Gasteiger partial charge >= 0.3 is 6.18 Å². The van der Waals surface area contributed by atoms with Crippen LogP contribution in [0.4, 0.5) is 13.2 Å². The molecule has 0 saturated heterocycles. The lowest BCUT2D eigenvalue weighted by atomic mass is 9.87. The van der Waals surface area contributed by atoms with Gasteiger partial charge in [-0.25, -0.2) is 0 Å². The summed E-state index contributed by atoms with van der Waals surface area (Å²) in [6, 6.07) is 5.42. The maximum Gasteiger partial charge on any atom is 0.455 e. The van der Waals surface area contributed by atoms with Gasteiger partial charge in [-0.05, 0) is 0 Å². The lowest BCUT2D eigenvalue weighted by Gasteiger charge is -2.14. The highest BCUT2D eigenvalue weighted by molar-refractivity contribution is 6.35. The Balaban J connectivity index is 2.53. The second kappa shape index (κ2) is 3.90. The first-order chi connectivity index (χ1) is 8.32. The van der Waals surface area contributed by atoms with E-state index in [0.717, 1.165) is 0 Å². The minimum atomic E-state index is -5.17. The Bertz CT molecular complexity index is 597. The lowest BCUT2D eigenvalue weighted by Crippen LogP contribution is -2.31. The summed E-state index contributed by atoms with van der Waals surface area (Å²) in [6.45, 7) is 0. The van der Waals surface area contributed by atoms with E-state index in [1.807, 2.05) is 0 Å². The smallest absolute Gasteiger partial charge is 0.289 e. The summed E-state index contributed by atoms with van der Waals surface area (Å²) in [5.41, 5.74) is -1.31. The van der Waals surface area contributed by atoms with E-state index < -0.39 is 29.1 Å². The van der Waals surface area contributed by atoms with E-state index in [1.54, 1.807) is 0 Å². The third-order valence-electron chi connectivity index (χ3n) is 2.46. The Kier molecular flexibility index (Phi) is 2.65. The van der Waals surface area contributed by atoms with Crippen molar-refractivity contribution in [2.45, 2.75) is 6.18 Å². The van der Waals surface area contributed by atoms with Gasteiger partial charge in [-0.1, -0.05) is 24.3 Å². The predicted octanol–water partition coefficient (Wildman–Crippen LogP) is 2.12. The topological polar surface area (TPSA) is 51.2 Å². The van der Waals surface area contributed by atoms with E-state index in [1.165, 1.54) is 24.3 Å². The molecule has 0 aliphatic heterocycles. The zero-order valence-electron chi connectivity index (χ0n) is 8.75. The fraction of sp³-hybridized carbons (Fsp3) is 0.0833. The van der Waals surface area contributed by atoms with Crippen molar-refractivity contribution in [3.63, 3.8) is 0 Å². The number of halogens is 3. The average molecular weight is 254 g/mol. The first-order valence-electron chi connectivity index (χ1n) is 4.83. The van der Waals surface area contributed by atoms with Crippen molar-refractivity contribution in [3.8, 4) is 0 Å². The lowest BCUT2D eigenvalue weighted by molar-refractivity contribution is -0.166. The number of hydrogen-bond donors (Lipinski definition) is 0. The van der Waals surface area contributed by atoms with Gasteiger partial charge in [-0.3, -0.25) is 14.4 Å².